The molecule has 0 saturated heterocycles. The second-order valence-corrected chi connectivity index (χ2v) is 6.51. The summed E-state index contributed by atoms with van der Waals surface area (Å²) in [5.41, 5.74) is 2.28. The van der Waals surface area contributed by atoms with E-state index in [9.17, 15) is 9.90 Å². The van der Waals surface area contributed by atoms with Crippen LogP contribution in [0.4, 0.5) is 0 Å². The maximum Gasteiger partial charge on any atom is 0.328 e. The molecule has 1 unspecified atom stereocenters. The van der Waals surface area contributed by atoms with Crippen LogP contribution in [0.25, 0.3) is 11.0 Å². The predicted molar refractivity (Wildman–Crippen MR) is 84.7 cm³/mol. The Morgan fingerprint density at radius 1 is 1.14 bits per heavy atom. The minimum atomic E-state index is -0.544. The SMILES string of the molecule is Cn1c(=O)n(C)c2cc(C(O)C3CCCCC3)c(Cl)cc21. The molecule has 1 aliphatic carbocycles. The van der Waals surface area contributed by atoms with Crippen molar-refractivity contribution in [3.8, 4) is 0 Å². The summed E-state index contributed by atoms with van der Waals surface area (Å²) in [7, 11) is 3.48. The standard InChI is InChI=1S/C16H21ClN2O2/c1-18-13-8-11(15(20)10-6-4-3-5-7-10)12(17)9-14(13)19(2)16(18)21/h8-10,15,20H,3-7H2,1-2H3. The lowest BCUT2D eigenvalue weighted by Crippen LogP contribution is -2.19. The van der Waals surface area contributed by atoms with Crippen molar-refractivity contribution in [3.05, 3.63) is 33.2 Å². The molecule has 0 amide bonds. The number of hydrogen-bond donors (Lipinski definition) is 1. The largest absolute Gasteiger partial charge is 0.388 e. The van der Waals surface area contributed by atoms with Crippen LogP contribution >= 0.6 is 11.6 Å². The Hall–Kier alpha value is -1.26. The average Bonchev–Trinajstić information content (AvgIpc) is 2.71. The third-order valence-electron chi connectivity index (χ3n) is 4.81. The van der Waals surface area contributed by atoms with Crippen molar-refractivity contribution >= 4 is 22.6 Å². The number of hydrogen-bond acceptors (Lipinski definition) is 2. The molecule has 1 fully saturated rings. The summed E-state index contributed by atoms with van der Waals surface area (Å²) in [6.45, 7) is 0. The highest BCUT2D eigenvalue weighted by atomic mass is 35.5. The van der Waals surface area contributed by atoms with Crippen LogP contribution in [0, 0.1) is 5.92 Å². The molecular formula is C16H21ClN2O2. The Labute approximate surface area is 128 Å². The summed E-state index contributed by atoms with van der Waals surface area (Å²) in [6.07, 6.45) is 5.14. The molecule has 0 aliphatic heterocycles. The Morgan fingerprint density at radius 2 is 1.71 bits per heavy atom. The number of imidazole rings is 1. The van der Waals surface area contributed by atoms with Gasteiger partial charge in [0.15, 0.2) is 0 Å². The first kappa shape index (κ1) is 14.7. The number of aliphatic hydroxyl groups excluding tert-OH is 1. The van der Waals surface area contributed by atoms with E-state index in [1.165, 1.54) is 19.3 Å². The number of halogens is 1. The van der Waals surface area contributed by atoms with Crippen molar-refractivity contribution in [2.45, 2.75) is 38.2 Å². The molecule has 2 aromatic rings. The van der Waals surface area contributed by atoms with Gasteiger partial charge in [0.05, 0.1) is 17.1 Å². The molecule has 21 heavy (non-hydrogen) atoms. The Balaban J connectivity index is 2.08. The fraction of sp³-hybridized carbons (Fsp3) is 0.562. The normalized spacial score (nSPS) is 18.3. The van der Waals surface area contributed by atoms with Gasteiger partial charge in [-0.1, -0.05) is 30.9 Å². The van der Waals surface area contributed by atoms with Crippen molar-refractivity contribution in [1.29, 1.82) is 0 Å². The van der Waals surface area contributed by atoms with E-state index in [2.05, 4.69) is 0 Å². The van der Waals surface area contributed by atoms with Gasteiger partial charge in [-0.25, -0.2) is 4.79 Å². The van der Waals surface area contributed by atoms with Crippen LogP contribution < -0.4 is 5.69 Å². The molecule has 1 aliphatic rings. The molecule has 1 N–H and O–H groups in total. The van der Waals surface area contributed by atoms with Gasteiger partial charge in [-0.15, -0.1) is 0 Å². The van der Waals surface area contributed by atoms with E-state index in [1.54, 1.807) is 29.3 Å². The zero-order valence-corrected chi connectivity index (χ0v) is 13.2. The van der Waals surface area contributed by atoms with Gasteiger partial charge in [0.25, 0.3) is 0 Å². The van der Waals surface area contributed by atoms with Crippen LogP contribution in [0.2, 0.25) is 5.02 Å². The van der Waals surface area contributed by atoms with Gasteiger partial charge in [-0.3, -0.25) is 9.13 Å². The van der Waals surface area contributed by atoms with E-state index in [1.807, 2.05) is 6.07 Å². The topological polar surface area (TPSA) is 47.2 Å². The van der Waals surface area contributed by atoms with Gasteiger partial charge in [0.1, 0.15) is 0 Å². The van der Waals surface area contributed by atoms with Crippen LogP contribution in [-0.2, 0) is 14.1 Å². The molecule has 5 heteroatoms. The first-order valence-corrected chi connectivity index (χ1v) is 7.91. The third-order valence-corrected chi connectivity index (χ3v) is 5.13. The van der Waals surface area contributed by atoms with Crippen LogP contribution in [0.1, 0.15) is 43.8 Å². The third kappa shape index (κ3) is 2.40. The molecule has 0 radical (unpaired) electrons. The maximum atomic E-state index is 12.0. The lowest BCUT2D eigenvalue weighted by atomic mass is 9.82. The fourth-order valence-corrected chi connectivity index (χ4v) is 3.74. The van der Waals surface area contributed by atoms with E-state index >= 15 is 0 Å². The van der Waals surface area contributed by atoms with Crippen molar-refractivity contribution in [3.63, 3.8) is 0 Å². The molecule has 1 heterocycles. The van der Waals surface area contributed by atoms with Gasteiger partial charge in [-0.05, 0) is 30.9 Å². The van der Waals surface area contributed by atoms with E-state index in [0.717, 1.165) is 29.4 Å². The first-order chi connectivity index (χ1) is 10.0. The van der Waals surface area contributed by atoms with Gasteiger partial charge in [0.2, 0.25) is 0 Å². The summed E-state index contributed by atoms with van der Waals surface area (Å²) in [4.78, 5) is 12.0. The van der Waals surface area contributed by atoms with Gasteiger partial charge < -0.3 is 5.11 Å². The quantitative estimate of drug-likeness (QED) is 0.926. The smallest absolute Gasteiger partial charge is 0.328 e. The van der Waals surface area contributed by atoms with E-state index in [-0.39, 0.29) is 11.6 Å². The monoisotopic (exact) mass is 308 g/mol. The maximum absolute atomic E-state index is 12.0. The number of aliphatic hydroxyl groups is 1. The van der Waals surface area contributed by atoms with Crippen LogP contribution in [-0.4, -0.2) is 14.2 Å². The molecule has 1 atom stereocenters. The fourth-order valence-electron chi connectivity index (χ4n) is 3.47. The van der Waals surface area contributed by atoms with Gasteiger partial charge >= 0.3 is 5.69 Å². The van der Waals surface area contributed by atoms with Crippen molar-refractivity contribution in [2.75, 3.05) is 0 Å². The first-order valence-electron chi connectivity index (χ1n) is 7.53. The van der Waals surface area contributed by atoms with Crippen LogP contribution in [0.3, 0.4) is 0 Å². The number of fused-ring (bicyclic) bond motifs is 1. The number of aryl methyl sites for hydroxylation is 2. The highest BCUT2D eigenvalue weighted by molar-refractivity contribution is 6.32. The zero-order chi connectivity index (χ0) is 15.1. The van der Waals surface area contributed by atoms with Crippen molar-refractivity contribution in [2.24, 2.45) is 20.0 Å². The molecule has 114 valence electrons. The predicted octanol–water partition coefficient (Wildman–Crippen LogP) is 3.14. The number of benzene rings is 1. The summed E-state index contributed by atoms with van der Waals surface area (Å²) in [5, 5.41) is 11.2. The van der Waals surface area contributed by atoms with Gasteiger partial charge in [0, 0.05) is 24.7 Å². The lowest BCUT2D eigenvalue weighted by Gasteiger charge is -2.27. The number of aromatic nitrogens is 2. The molecular weight excluding hydrogens is 288 g/mol. The highest BCUT2D eigenvalue weighted by Crippen LogP contribution is 2.38. The van der Waals surface area contributed by atoms with Crippen LogP contribution in [0.15, 0.2) is 16.9 Å². The molecule has 3 rings (SSSR count). The second-order valence-electron chi connectivity index (χ2n) is 6.11. The Morgan fingerprint density at radius 3 is 2.33 bits per heavy atom. The van der Waals surface area contributed by atoms with Crippen molar-refractivity contribution < 1.29 is 5.11 Å². The molecule has 0 bridgehead atoms. The summed E-state index contributed by atoms with van der Waals surface area (Å²) >= 11 is 6.37. The summed E-state index contributed by atoms with van der Waals surface area (Å²) < 4.78 is 3.18. The highest BCUT2D eigenvalue weighted by Gasteiger charge is 2.25. The lowest BCUT2D eigenvalue weighted by molar-refractivity contribution is 0.0850. The molecule has 1 saturated carbocycles. The number of nitrogens with zero attached hydrogens (tertiary/aromatic N) is 2. The Kier molecular flexibility index (Phi) is 3.84. The molecule has 1 aromatic carbocycles. The van der Waals surface area contributed by atoms with Crippen LogP contribution in [0.5, 0.6) is 0 Å². The minimum absolute atomic E-state index is 0.0784. The molecule has 4 nitrogen and oxygen atoms in total. The number of rotatable bonds is 2. The zero-order valence-electron chi connectivity index (χ0n) is 12.5. The van der Waals surface area contributed by atoms with E-state index in [4.69, 9.17) is 11.6 Å². The second kappa shape index (κ2) is 5.50. The average molecular weight is 309 g/mol. The van der Waals surface area contributed by atoms with Crippen molar-refractivity contribution in [1.82, 2.24) is 9.13 Å². The van der Waals surface area contributed by atoms with E-state index < -0.39 is 6.10 Å². The minimum Gasteiger partial charge on any atom is -0.388 e. The molecule has 0 spiro atoms. The molecule has 1 aromatic heterocycles. The van der Waals surface area contributed by atoms with E-state index in [0.29, 0.717) is 5.02 Å². The Bertz CT molecular complexity index is 726. The van der Waals surface area contributed by atoms with Gasteiger partial charge in [-0.2, -0.15) is 0 Å². The summed E-state index contributed by atoms with van der Waals surface area (Å²) in [5.74, 6) is 0.273. The summed E-state index contributed by atoms with van der Waals surface area (Å²) in [6, 6.07) is 3.66.